The van der Waals surface area contributed by atoms with E-state index in [1.54, 1.807) is 11.8 Å². The van der Waals surface area contributed by atoms with Crippen LogP contribution in [0.1, 0.15) is 31.2 Å². The van der Waals surface area contributed by atoms with Crippen molar-refractivity contribution in [1.82, 2.24) is 0 Å². The van der Waals surface area contributed by atoms with Gasteiger partial charge >= 0.3 is 0 Å². The molecule has 4 N–H and O–H groups in total. The molecule has 1 aliphatic rings. The molecule has 1 aromatic rings. The van der Waals surface area contributed by atoms with Gasteiger partial charge in [-0.05, 0) is 56.1 Å². The van der Waals surface area contributed by atoms with Gasteiger partial charge in [0.05, 0.1) is 0 Å². The lowest BCUT2D eigenvalue weighted by Crippen LogP contribution is -2.47. The maximum Gasteiger partial charge on any atom is 0.0196 e. The highest BCUT2D eigenvalue weighted by atomic mass is 32.2. The van der Waals surface area contributed by atoms with Crippen LogP contribution in [0.3, 0.4) is 0 Å². The third kappa shape index (κ3) is 3.47. The Labute approximate surface area is 108 Å². The van der Waals surface area contributed by atoms with Gasteiger partial charge in [0.15, 0.2) is 0 Å². The third-order valence-corrected chi connectivity index (χ3v) is 4.48. The number of rotatable bonds is 3. The Hall–Kier alpha value is -0.510. The SMILES string of the molecule is CSc1ccc(CC2(N)CCC(N)CC2)cc1. The molecule has 2 rings (SSSR count). The standard InChI is InChI=1S/C14H22N2S/c1-17-13-4-2-11(3-5-13)10-14(16)8-6-12(15)7-9-14/h2-5,12H,6-10,15-16H2,1H3. The summed E-state index contributed by atoms with van der Waals surface area (Å²) in [6, 6.07) is 9.13. The van der Waals surface area contributed by atoms with Crippen LogP contribution in [0.5, 0.6) is 0 Å². The summed E-state index contributed by atoms with van der Waals surface area (Å²) in [7, 11) is 0. The maximum atomic E-state index is 6.46. The van der Waals surface area contributed by atoms with Gasteiger partial charge in [0.1, 0.15) is 0 Å². The summed E-state index contributed by atoms with van der Waals surface area (Å²) in [5.41, 5.74) is 13.7. The van der Waals surface area contributed by atoms with Gasteiger partial charge in [-0.2, -0.15) is 0 Å². The molecule has 0 radical (unpaired) electrons. The zero-order valence-corrected chi connectivity index (χ0v) is 11.3. The van der Waals surface area contributed by atoms with Crippen LogP contribution < -0.4 is 11.5 Å². The first-order valence-corrected chi connectivity index (χ1v) is 7.51. The number of hydrogen-bond donors (Lipinski definition) is 2. The molecule has 0 heterocycles. The largest absolute Gasteiger partial charge is 0.328 e. The van der Waals surface area contributed by atoms with Crippen LogP contribution in [-0.4, -0.2) is 17.8 Å². The highest BCUT2D eigenvalue weighted by Crippen LogP contribution is 2.29. The number of nitrogens with two attached hydrogens (primary N) is 2. The quantitative estimate of drug-likeness (QED) is 0.811. The fourth-order valence-corrected chi connectivity index (χ4v) is 2.95. The molecule has 1 fully saturated rings. The molecular weight excluding hydrogens is 228 g/mol. The molecule has 1 saturated carbocycles. The summed E-state index contributed by atoms with van der Waals surface area (Å²) in [6.45, 7) is 0. The van der Waals surface area contributed by atoms with Crippen LogP contribution in [0.4, 0.5) is 0 Å². The molecule has 1 aromatic carbocycles. The lowest BCUT2D eigenvalue weighted by molar-refractivity contribution is 0.271. The van der Waals surface area contributed by atoms with E-state index in [9.17, 15) is 0 Å². The second-order valence-electron chi connectivity index (χ2n) is 5.22. The summed E-state index contributed by atoms with van der Waals surface area (Å²) in [5, 5.41) is 0. The summed E-state index contributed by atoms with van der Waals surface area (Å²) >= 11 is 1.78. The van der Waals surface area contributed by atoms with Gasteiger partial charge in [-0.15, -0.1) is 11.8 Å². The molecule has 94 valence electrons. The topological polar surface area (TPSA) is 52.0 Å². The number of hydrogen-bond acceptors (Lipinski definition) is 3. The minimum absolute atomic E-state index is 0.0310. The Morgan fingerprint density at radius 1 is 1.24 bits per heavy atom. The highest BCUT2D eigenvalue weighted by Gasteiger charge is 2.30. The third-order valence-electron chi connectivity index (χ3n) is 3.74. The molecule has 0 bridgehead atoms. The van der Waals surface area contributed by atoms with Crippen LogP contribution in [0.25, 0.3) is 0 Å². The Morgan fingerprint density at radius 3 is 2.35 bits per heavy atom. The van der Waals surface area contributed by atoms with Crippen molar-refractivity contribution in [2.75, 3.05) is 6.26 Å². The predicted molar refractivity (Wildman–Crippen MR) is 75.3 cm³/mol. The summed E-state index contributed by atoms with van der Waals surface area (Å²) in [6.07, 6.45) is 7.33. The Kier molecular flexibility index (Phi) is 4.13. The zero-order chi connectivity index (χ0) is 12.3. The minimum atomic E-state index is -0.0310. The maximum absolute atomic E-state index is 6.46. The van der Waals surface area contributed by atoms with Gasteiger partial charge in [-0.1, -0.05) is 12.1 Å². The van der Waals surface area contributed by atoms with E-state index in [2.05, 4.69) is 30.5 Å². The van der Waals surface area contributed by atoms with Crippen LogP contribution in [0, 0.1) is 0 Å². The smallest absolute Gasteiger partial charge is 0.0196 e. The van der Waals surface area contributed by atoms with Crippen LogP contribution in [0.2, 0.25) is 0 Å². The van der Waals surface area contributed by atoms with Gasteiger partial charge in [0, 0.05) is 16.5 Å². The van der Waals surface area contributed by atoms with Crippen LogP contribution in [-0.2, 0) is 6.42 Å². The first-order chi connectivity index (χ1) is 8.11. The molecule has 2 nitrogen and oxygen atoms in total. The van der Waals surface area contributed by atoms with Crippen molar-refractivity contribution in [2.45, 2.75) is 48.6 Å². The fraction of sp³-hybridized carbons (Fsp3) is 0.571. The number of thioether (sulfide) groups is 1. The predicted octanol–water partition coefficient (Wildman–Crippen LogP) is 2.55. The van der Waals surface area contributed by atoms with Crippen molar-refractivity contribution in [3.8, 4) is 0 Å². The van der Waals surface area contributed by atoms with E-state index in [0.717, 1.165) is 32.1 Å². The first kappa shape index (κ1) is 12.9. The average molecular weight is 250 g/mol. The van der Waals surface area contributed by atoms with E-state index in [0.29, 0.717) is 6.04 Å². The zero-order valence-electron chi connectivity index (χ0n) is 10.5. The lowest BCUT2D eigenvalue weighted by Gasteiger charge is -2.36. The van der Waals surface area contributed by atoms with E-state index >= 15 is 0 Å². The van der Waals surface area contributed by atoms with Gasteiger partial charge in [0.25, 0.3) is 0 Å². The van der Waals surface area contributed by atoms with Gasteiger partial charge in [0.2, 0.25) is 0 Å². The molecule has 0 spiro atoms. The molecule has 3 heteroatoms. The second-order valence-corrected chi connectivity index (χ2v) is 6.10. The van der Waals surface area contributed by atoms with Gasteiger partial charge in [-0.3, -0.25) is 0 Å². The molecule has 0 aromatic heterocycles. The minimum Gasteiger partial charge on any atom is -0.328 e. The molecular formula is C14H22N2S. The summed E-state index contributed by atoms with van der Waals surface area (Å²) in [5.74, 6) is 0. The van der Waals surface area contributed by atoms with E-state index in [1.165, 1.54) is 10.5 Å². The van der Waals surface area contributed by atoms with Gasteiger partial charge in [-0.25, -0.2) is 0 Å². The van der Waals surface area contributed by atoms with Crippen molar-refractivity contribution >= 4 is 11.8 Å². The van der Waals surface area contributed by atoms with Gasteiger partial charge < -0.3 is 11.5 Å². The van der Waals surface area contributed by atoms with Crippen LogP contribution >= 0.6 is 11.8 Å². The fourth-order valence-electron chi connectivity index (χ4n) is 2.54. The van der Waals surface area contributed by atoms with Crippen molar-refractivity contribution in [3.05, 3.63) is 29.8 Å². The first-order valence-electron chi connectivity index (χ1n) is 6.29. The van der Waals surface area contributed by atoms with E-state index in [-0.39, 0.29) is 5.54 Å². The van der Waals surface area contributed by atoms with Crippen LogP contribution in [0.15, 0.2) is 29.2 Å². The molecule has 0 atom stereocenters. The normalized spacial score (nSPS) is 29.2. The van der Waals surface area contributed by atoms with Crippen molar-refractivity contribution in [3.63, 3.8) is 0 Å². The molecule has 0 saturated heterocycles. The summed E-state index contributed by atoms with van der Waals surface area (Å²) in [4.78, 5) is 1.31. The van der Waals surface area contributed by atoms with Crippen molar-refractivity contribution in [1.29, 1.82) is 0 Å². The Balaban J connectivity index is 1.99. The van der Waals surface area contributed by atoms with E-state index in [1.807, 2.05) is 0 Å². The van der Waals surface area contributed by atoms with Crippen molar-refractivity contribution < 1.29 is 0 Å². The Bertz CT molecular complexity index is 353. The second kappa shape index (κ2) is 5.42. The Morgan fingerprint density at radius 2 is 1.82 bits per heavy atom. The molecule has 0 unspecified atom stereocenters. The molecule has 0 aliphatic heterocycles. The highest BCUT2D eigenvalue weighted by molar-refractivity contribution is 7.98. The molecule has 1 aliphatic carbocycles. The van der Waals surface area contributed by atoms with E-state index < -0.39 is 0 Å². The monoisotopic (exact) mass is 250 g/mol. The average Bonchev–Trinajstić information content (AvgIpc) is 2.34. The molecule has 0 amide bonds. The molecule has 17 heavy (non-hydrogen) atoms. The summed E-state index contributed by atoms with van der Waals surface area (Å²) < 4.78 is 0. The lowest BCUT2D eigenvalue weighted by atomic mass is 9.77. The van der Waals surface area contributed by atoms with E-state index in [4.69, 9.17) is 11.5 Å². The van der Waals surface area contributed by atoms with Crippen molar-refractivity contribution in [2.24, 2.45) is 11.5 Å². The number of benzene rings is 1.